The molecule has 1 atom stereocenters. The first-order valence-electron chi connectivity index (χ1n) is 7.68. The molecule has 1 N–H and O–H groups in total. The van der Waals surface area contributed by atoms with Crippen molar-refractivity contribution in [3.63, 3.8) is 0 Å². The van der Waals surface area contributed by atoms with Crippen molar-refractivity contribution in [2.45, 2.75) is 53.0 Å². The van der Waals surface area contributed by atoms with Crippen LogP contribution in [0.2, 0.25) is 5.02 Å². The average Bonchev–Trinajstić information content (AvgIpc) is 3.01. The van der Waals surface area contributed by atoms with Crippen LogP contribution >= 0.6 is 11.6 Å². The Morgan fingerprint density at radius 3 is 2.48 bits per heavy atom. The number of hydrogen-bond acceptors (Lipinski definition) is 3. The molecule has 138 valence electrons. The molecule has 0 saturated carbocycles. The lowest BCUT2D eigenvalue weighted by Crippen LogP contribution is -2.31. The molecule has 0 radical (unpaired) electrons. The second-order valence-electron chi connectivity index (χ2n) is 5.72. The topological polar surface area (TPSA) is 64.7 Å². The number of nitrogens with zero attached hydrogens (tertiary/aromatic N) is 4. The van der Waals surface area contributed by atoms with Crippen LogP contribution in [0.5, 0.6) is 0 Å². The number of rotatable bonds is 5. The minimum atomic E-state index is -4.66. The molecule has 2 aromatic rings. The lowest BCUT2D eigenvalue weighted by molar-refractivity contribution is -0.141. The minimum absolute atomic E-state index is 0.0896. The number of carbonyl (C=O) groups excluding carboxylic acids is 1. The molecule has 2 heterocycles. The maximum absolute atomic E-state index is 12.8. The molecule has 1 unspecified atom stereocenters. The van der Waals surface area contributed by atoms with Gasteiger partial charge in [0, 0.05) is 18.3 Å². The van der Waals surface area contributed by atoms with E-state index in [1.165, 1.54) is 6.92 Å². The third-order valence-corrected chi connectivity index (χ3v) is 4.30. The highest BCUT2D eigenvalue weighted by Gasteiger charge is 2.38. The van der Waals surface area contributed by atoms with Crippen LogP contribution < -0.4 is 5.32 Å². The zero-order valence-corrected chi connectivity index (χ0v) is 15.0. The number of hydrogen-bond donors (Lipinski definition) is 1. The van der Waals surface area contributed by atoms with Crippen molar-refractivity contribution in [1.29, 1.82) is 0 Å². The van der Waals surface area contributed by atoms with Crippen LogP contribution in [0.3, 0.4) is 0 Å². The molecule has 0 bridgehead atoms. The van der Waals surface area contributed by atoms with E-state index >= 15 is 0 Å². The predicted octanol–water partition coefficient (Wildman–Crippen LogP) is 3.27. The first-order chi connectivity index (χ1) is 11.5. The van der Waals surface area contributed by atoms with Gasteiger partial charge >= 0.3 is 6.18 Å². The summed E-state index contributed by atoms with van der Waals surface area (Å²) >= 11 is 5.68. The molecule has 0 aliphatic carbocycles. The molecular weight excluding hydrogens is 359 g/mol. The van der Waals surface area contributed by atoms with Gasteiger partial charge in [-0.05, 0) is 27.7 Å². The van der Waals surface area contributed by atoms with Gasteiger partial charge in [0.1, 0.15) is 6.54 Å². The van der Waals surface area contributed by atoms with Gasteiger partial charge in [-0.2, -0.15) is 23.4 Å². The Morgan fingerprint density at radius 2 is 2.00 bits per heavy atom. The summed E-state index contributed by atoms with van der Waals surface area (Å²) in [5.74, 6) is -0.466. The fourth-order valence-electron chi connectivity index (χ4n) is 2.48. The fourth-order valence-corrected chi connectivity index (χ4v) is 2.72. The first kappa shape index (κ1) is 19.3. The van der Waals surface area contributed by atoms with Crippen molar-refractivity contribution < 1.29 is 18.0 Å². The average molecular weight is 378 g/mol. The van der Waals surface area contributed by atoms with Gasteiger partial charge in [-0.15, -0.1) is 0 Å². The summed E-state index contributed by atoms with van der Waals surface area (Å²) in [5.41, 5.74) is 0.535. The Morgan fingerprint density at radius 1 is 1.36 bits per heavy atom. The molecule has 0 aliphatic heterocycles. The van der Waals surface area contributed by atoms with Crippen LogP contribution in [0.4, 0.5) is 13.2 Å². The SMILES string of the molecule is CCn1cc(C(C)NC(=O)Cn2nc(C(F)(F)F)c(Cl)c2C)c(C)n1. The van der Waals surface area contributed by atoms with Crippen LogP contribution in [0.25, 0.3) is 0 Å². The lowest BCUT2D eigenvalue weighted by Gasteiger charge is -2.13. The predicted molar refractivity (Wildman–Crippen MR) is 86.2 cm³/mol. The van der Waals surface area contributed by atoms with E-state index in [1.54, 1.807) is 11.6 Å². The van der Waals surface area contributed by atoms with Gasteiger partial charge in [-0.1, -0.05) is 11.6 Å². The third-order valence-electron chi connectivity index (χ3n) is 3.85. The van der Waals surface area contributed by atoms with E-state index < -0.39 is 22.8 Å². The molecule has 1 amide bonds. The van der Waals surface area contributed by atoms with E-state index in [1.807, 2.05) is 20.0 Å². The van der Waals surface area contributed by atoms with Crippen molar-refractivity contribution >= 4 is 17.5 Å². The van der Waals surface area contributed by atoms with Crippen LogP contribution in [-0.2, 0) is 24.1 Å². The normalized spacial score (nSPS) is 13.1. The van der Waals surface area contributed by atoms with Gasteiger partial charge in [0.2, 0.25) is 5.91 Å². The zero-order valence-electron chi connectivity index (χ0n) is 14.3. The van der Waals surface area contributed by atoms with E-state index in [4.69, 9.17) is 11.6 Å². The lowest BCUT2D eigenvalue weighted by atomic mass is 10.1. The Hall–Kier alpha value is -2.03. The van der Waals surface area contributed by atoms with E-state index in [0.29, 0.717) is 6.54 Å². The van der Waals surface area contributed by atoms with Crippen LogP contribution in [-0.4, -0.2) is 25.5 Å². The number of amides is 1. The Labute approximate surface area is 147 Å². The van der Waals surface area contributed by atoms with Crippen molar-refractivity contribution in [1.82, 2.24) is 24.9 Å². The van der Waals surface area contributed by atoms with E-state index in [2.05, 4.69) is 15.5 Å². The fraction of sp³-hybridized carbons (Fsp3) is 0.533. The molecule has 0 fully saturated rings. The van der Waals surface area contributed by atoms with E-state index in [0.717, 1.165) is 15.9 Å². The number of aryl methyl sites for hydroxylation is 2. The van der Waals surface area contributed by atoms with Gasteiger partial charge in [0.05, 0.1) is 22.5 Å². The molecule has 0 spiro atoms. The highest BCUT2D eigenvalue weighted by Crippen LogP contribution is 2.35. The molecule has 2 aromatic heterocycles. The maximum Gasteiger partial charge on any atom is 0.436 e. The Balaban J connectivity index is 2.11. The van der Waals surface area contributed by atoms with E-state index in [-0.39, 0.29) is 18.3 Å². The molecular formula is C15H19ClF3N5O. The van der Waals surface area contributed by atoms with Gasteiger partial charge in [0.15, 0.2) is 5.69 Å². The number of carbonyl (C=O) groups is 1. The summed E-state index contributed by atoms with van der Waals surface area (Å²) in [4.78, 5) is 12.2. The van der Waals surface area contributed by atoms with Crippen molar-refractivity contribution in [2.24, 2.45) is 0 Å². The zero-order chi connectivity index (χ0) is 18.9. The van der Waals surface area contributed by atoms with E-state index in [9.17, 15) is 18.0 Å². The highest BCUT2D eigenvalue weighted by molar-refractivity contribution is 6.32. The van der Waals surface area contributed by atoms with Gasteiger partial charge < -0.3 is 5.32 Å². The van der Waals surface area contributed by atoms with Crippen LogP contribution in [0, 0.1) is 13.8 Å². The standard InChI is InChI=1S/C15H19ClF3N5O/c1-5-23-6-11(9(3)21-23)8(2)20-12(25)7-24-10(4)13(16)14(22-24)15(17,18)19/h6,8H,5,7H2,1-4H3,(H,20,25). The van der Waals surface area contributed by atoms with Gasteiger partial charge in [-0.25, -0.2) is 0 Å². The van der Waals surface area contributed by atoms with Gasteiger partial charge in [-0.3, -0.25) is 14.2 Å². The Bertz CT molecular complexity index is 781. The monoisotopic (exact) mass is 377 g/mol. The second-order valence-corrected chi connectivity index (χ2v) is 6.10. The van der Waals surface area contributed by atoms with Crippen LogP contribution in [0.15, 0.2) is 6.20 Å². The van der Waals surface area contributed by atoms with Crippen LogP contribution in [0.1, 0.15) is 42.5 Å². The number of aromatic nitrogens is 4. The quantitative estimate of drug-likeness (QED) is 0.869. The summed E-state index contributed by atoms with van der Waals surface area (Å²) in [6, 6.07) is -0.332. The molecule has 2 rings (SSSR count). The molecule has 0 aromatic carbocycles. The summed E-state index contributed by atoms with van der Waals surface area (Å²) < 4.78 is 41.2. The Kier molecular flexibility index (Phi) is 5.46. The summed E-state index contributed by atoms with van der Waals surface area (Å²) in [5, 5.41) is 9.97. The number of halogens is 4. The first-order valence-corrected chi connectivity index (χ1v) is 8.05. The van der Waals surface area contributed by atoms with Crippen molar-refractivity contribution in [2.75, 3.05) is 0 Å². The molecule has 25 heavy (non-hydrogen) atoms. The van der Waals surface area contributed by atoms with Crippen molar-refractivity contribution in [3.05, 3.63) is 33.9 Å². The summed E-state index contributed by atoms with van der Waals surface area (Å²) in [7, 11) is 0. The molecule has 6 nitrogen and oxygen atoms in total. The number of nitrogens with one attached hydrogen (secondary N) is 1. The second kappa shape index (κ2) is 7.07. The molecule has 10 heteroatoms. The third kappa shape index (κ3) is 4.15. The summed E-state index contributed by atoms with van der Waals surface area (Å²) in [6.45, 7) is 7.29. The smallest absolute Gasteiger partial charge is 0.348 e. The van der Waals surface area contributed by atoms with Gasteiger partial charge in [0.25, 0.3) is 0 Å². The molecule has 0 saturated heterocycles. The van der Waals surface area contributed by atoms with Crippen molar-refractivity contribution in [3.8, 4) is 0 Å². The largest absolute Gasteiger partial charge is 0.436 e. The molecule has 0 aliphatic rings. The number of alkyl halides is 3. The highest BCUT2D eigenvalue weighted by atomic mass is 35.5. The summed E-state index contributed by atoms with van der Waals surface area (Å²) in [6.07, 6.45) is -2.83. The minimum Gasteiger partial charge on any atom is -0.348 e. The maximum atomic E-state index is 12.8.